The van der Waals surface area contributed by atoms with Crippen LogP contribution in [0.2, 0.25) is 5.02 Å². The Morgan fingerprint density at radius 3 is 2.59 bits per heavy atom. The highest BCUT2D eigenvalue weighted by molar-refractivity contribution is 7.89. The molecule has 3 rings (SSSR count). The smallest absolute Gasteiger partial charge is 0.255 e. The first-order valence-electron chi connectivity index (χ1n) is 8.05. The molecule has 0 aliphatic heterocycles. The van der Waals surface area contributed by atoms with E-state index in [-0.39, 0.29) is 22.0 Å². The number of furan rings is 1. The second kappa shape index (κ2) is 7.96. The van der Waals surface area contributed by atoms with Crippen LogP contribution in [-0.2, 0) is 16.6 Å². The molecule has 1 amide bonds. The monoisotopic (exact) mass is 404 g/mol. The second-order valence-corrected chi connectivity index (χ2v) is 7.96. The van der Waals surface area contributed by atoms with E-state index in [9.17, 15) is 13.2 Å². The highest BCUT2D eigenvalue weighted by Crippen LogP contribution is 2.24. The summed E-state index contributed by atoms with van der Waals surface area (Å²) in [6.45, 7) is 1.84. The van der Waals surface area contributed by atoms with Gasteiger partial charge >= 0.3 is 0 Å². The van der Waals surface area contributed by atoms with E-state index in [1.165, 1.54) is 24.5 Å². The van der Waals surface area contributed by atoms with Gasteiger partial charge in [-0.3, -0.25) is 4.79 Å². The maximum absolute atomic E-state index is 12.6. The average molecular weight is 405 g/mol. The number of rotatable bonds is 6. The Balaban J connectivity index is 1.83. The zero-order valence-electron chi connectivity index (χ0n) is 14.4. The standard InChI is InChI=1S/C19H17ClN2O4S/c1-13-5-2-3-7-17(13)22-19(23)14-8-9-16(20)18(11-14)27(24,25)21-12-15-6-4-10-26-15/h2-11,21H,12H2,1H3,(H,22,23). The first kappa shape index (κ1) is 19.2. The quantitative estimate of drug-likeness (QED) is 0.650. The largest absolute Gasteiger partial charge is 0.468 e. The lowest BCUT2D eigenvalue weighted by atomic mass is 10.1. The number of benzene rings is 2. The van der Waals surface area contributed by atoms with Crippen molar-refractivity contribution in [3.63, 3.8) is 0 Å². The van der Waals surface area contributed by atoms with Crippen LogP contribution in [0.5, 0.6) is 0 Å². The van der Waals surface area contributed by atoms with Crippen LogP contribution in [0.25, 0.3) is 0 Å². The van der Waals surface area contributed by atoms with Gasteiger partial charge < -0.3 is 9.73 Å². The predicted molar refractivity (Wildman–Crippen MR) is 103 cm³/mol. The van der Waals surface area contributed by atoms with E-state index in [4.69, 9.17) is 16.0 Å². The maximum Gasteiger partial charge on any atom is 0.255 e. The molecule has 27 heavy (non-hydrogen) atoms. The normalized spacial score (nSPS) is 11.3. The molecule has 0 spiro atoms. The van der Waals surface area contributed by atoms with Crippen molar-refractivity contribution in [1.82, 2.24) is 4.72 Å². The molecule has 0 saturated heterocycles. The van der Waals surface area contributed by atoms with Gasteiger partial charge in [-0.25, -0.2) is 13.1 Å². The van der Waals surface area contributed by atoms with E-state index < -0.39 is 15.9 Å². The molecule has 140 valence electrons. The molecule has 2 N–H and O–H groups in total. The molecule has 0 atom stereocenters. The van der Waals surface area contributed by atoms with Gasteiger partial charge in [0.15, 0.2) is 0 Å². The summed E-state index contributed by atoms with van der Waals surface area (Å²) in [5, 5.41) is 2.79. The summed E-state index contributed by atoms with van der Waals surface area (Å²) < 4.78 is 32.6. The molecule has 6 nitrogen and oxygen atoms in total. The van der Waals surface area contributed by atoms with Crippen LogP contribution in [0.3, 0.4) is 0 Å². The molecule has 0 aliphatic carbocycles. The van der Waals surface area contributed by atoms with Gasteiger partial charge in [0, 0.05) is 11.3 Å². The van der Waals surface area contributed by atoms with E-state index in [0.29, 0.717) is 11.4 Å². The van der Waals surface area contributed by atoms with E-state index >= 15 is 0 Å². The lowest BCUT2D eigenvalue weighted by Crippen LogP contribution is -2.24. The lowest BCUT2D eigenvalue weighted by molar-refractivity contribution is 0.102. The van der Waals surface area contributed by atoms with Gasteiger partial charge in [-0.2, -0.15) is 0 Å². The van der Waals surface area contributed by atoms with Crippen LogP contribution >= 0.6 is 11.6 Å². The van der Waals surface area contributed by atoms with Gasteiger partial charge in [0.05, 0.1) is 17.8 Å². The number of para-hydroxylation sites is 1. The van der Waals surface area contributed by atoms with Gasteiger partial charge in [-0.05, 0) is 48.9 Å². The summed E-state index contributed by atoms with van der Waals surface area (Å²) in [5.74, 6) is 0.0339. The number of sulfonamides is 1. The fourth-order valence-corrected chi connectivity index (χ4v) is 3.93. The van der Waals surface area contributed by atoms with Crippen LogP contribution in [-0.4, -0.2) is 14.3 Å². The van der Waals surface area contributed by atoms with Crippen LogP contribution in [0.1, 0.15) is 21.7 Å². The molecule has 0 fully saturated rings. The third-order valence-electron chi connectivity index (χ3n) is 3.89. The minimum atomic E-state index is -3.93. The van der Waals surface area contributed by atoms with Gasteiger partial charge in [0.2, 0.25) is 10.0 Å². The Morgan fingerprint density at radius 1 is 1.11 bits per heavy atom. The first-order valence-corrected chi connectivity index (χ1v) is 9.91. The molecule has 1 aromatic heterocycles. The first-order chi connectivity index (χ1) is 12.9. The van der Waals surface area contributed by atoms with Crippen molar-refractivity contribution in [3.8, 4) is 0 Å². The Hall–Kier alpha value is -2.61. The summed E-state index contributed by atoms with van der Waals surface area (Å²) in [4.78, 5) is 12.3. The number of aryl methyl sites for hydroxylation is 1. The lowest BCUT2D eigenvalue weighted by Gasteiger charge is -2.11. The van der Waals surface area contributed by atoms with Gasteiger partial charge in [0.1, 0.15) is 10.7 Å². The Kier molecular flexibility index (Phi) is 5.65. The van der Waals surface area contributed by atoms with Crippen LogP contribution in [0, 0.1) is 6.92 Å². The molecule has 0 unspecified atom stereocenters. The zero-order chi connectivity index (χ0) is 19.4. The SMILES string of the molecule is Cc1ccccc1NC(=O)c1ccc(Cl)c(S(=O)(=O)NCc2ccco2)c1. The van der Waals surface area contributed by atoms with E-state index in [1.54, 1.807) is 24.3 Å². The molecule has 0 saturated carbocycles. The van der Waals surface area contributed by atoms with Crippen molar-refractivity contribution in [2.75, 3.05) is 5.32 Å². The van der Waals surface area contributed by atoms with Gasteiger partial charge in [-0.1, -0.05) is 29.8 Å². The summed E-state index contributed by atoms with van der Waals surface area (Å²) >= 11 is 6.06. The second-order valence-electron chi connectivity index (χ2n) is 5.82. The zero-order valence-corrected chi connectivity index (χ0v) is 16.0. The van der Waals surface area contributed by atoms with Crippen LogP contribution < -0.4 is 10.0 Å². The van der Waals surface area contributed by atoms with E-state index in [1.807, 2.05) is 19.1 Å². The summed E-state index contributed by atoms with van der Waals surface area (Å²) in [5.41, 5.74) is 1.73. The number of hydrogen-bond acceptors (Lipinski definition) is 4. The molecule has 0 aliphatic rings. The van der Waals surface area contributed by atoms with Crippen LogP contribution in [0.15, 0.2) is 70.2 Å². The van der Waals surface area contributed by atoms with Gasteiger partial charge in [-0.15, -0.1) is 0 Å². The third-order valence-corrected chi connectivity index (χ3v) is 5.78. The van der Waals surface area contributed by atoms with Crippen LogP contribution in [0.4, 0.5) is 5.69 Å². The molecule has 0 bridgehead atoms. The van der Waals surface area contributed by atoms with Gasteiger partial charge in [0.25, 0.3) is 5.91 Å². The van der Waals surface area contributed by atoms with Crippen molar-refractivity contribution in [2.24, 2.45) is 0 Å². The van der Waals surface area contributed by atoms with Crippen molar-refractivity contribution >= 4 is 33.2 Å². The van der Waals surface area contributed by atoms with E-state index in [2.05, 4.69) is 10.0 Å². The highest BCUT2D eigenvalue weighted by atomic mass is 35.5. The molecule has 3 aromatic rings. The van der Waals surface area contributed by atoms with Crippen molar-refractivity contribution < 1.29 is 17.6 Å². The molecular formula is C19H17ClN2O4S. The minimum Gasteiger partial charge on any atom is -0.468 e. The minimum absolute atomic E-state index is 0.0225. The molecule has 1 heterocycles. The Bertz CT molecular complexity index is 1060. The van der Waals surface area contributed by atoms with Crippen molar-refractivity contribution in [3.05, 3.63) is 82.8 Å². The number of nitrogens with one attached hydrogen (secondary N) is 2. The highest BCUT2D eigenvalue weighted by Gasteiger charge is 2.20. The van der Waals surface area contributed by atoms with Crippen molar-refractivity contribution in [1.29, 1.82) is 0 Å². The number of anilines is 1. The van der Waals surface area contributed by atoms with Crippen molar-refractivity contribution in [2.45, 2.75) is 18.4 Å². The number of halogens is 1. The Morgan fingerprint density at radius 2 is 1.89 bits per heavy atom. The number of amides is 1. The summed E-state index contributed by atoms with van der Waals surface area (Å²) in [7, 11) is -3.93. The van der Waals surface area contributed by atoms with E-state index in [0.717, 1.165) is 5.56 Å². The Labute approximate surface area is 162 Å². The fourth-order valence-electron chi connectivity index (χ4n) is 2.42. The fraction of sp³-hybridized carbons (Fsp3) is 0.105. The maximum atomic E-state index is 12.6. The number of carbonyl (C=O) groups excluding carboxylic acids is 1. The number of hydrogen-bond donors (Lipinski definition) is 2. The summed E-state index contributed by atoms with van der Waals surface area (Å²) in [6.07, 6.45) is 1.45. The average Bonchev–Trinajstić information content (AvgIpc) is 3.16. The topological polar surface area (TPSA) is 88.4 Å². The molecule has 2 aromatic carbocycles. The third kappa shape index (κ3) is 4.57. The molecular weight excluding hydrogens is 388 g/mol. The predicted octanol–water partition coefficient (Wildman–Crippen LogP) is 3.97. The number of carbonyl (C=O) groups is 1. The molecule has 0 radical (unpaired) electrons. The molecule has 8 heteroatoms. The summed E-state index contributed by atoms with van der Waals surface area (Å²) in [6, 6.07) is 14.7.